The molecule has 5 nitrogen and oxygen atoms in total. The van der Waals surface area contributed by atoms with Crippen LogP contribution in [0.1, 0.15) is 20.9 Å². The van der Waals surface area contributed by atoms with E-state index in [-0.39, 0.29) is 22.8 Å². The van der Waals surface area contributed by atoms with Gasteiger partial charge in [0, 0.05) is 16.6 Å². The monoisotopic (exact) mass is 453 g/mol. The Bertz CT molecular complexity index is 1300. The minimum Gasteiger partial charge on any atom is -0.302 e. The van der Waals surface area contributed by atoms with Gasteiger partial charge in [0.25, 0.3) is 11.5 Å². The number of halogens is 2. The Hall–Kier alpha value is -3.29. The molecule has 4 aromatic rings. The van der Waals surface area contributed by atoms with Crippen molar-refractivity contribution >= 4 is 34.5 Å². The molecule has 0 spiro atoms. The van der Waals surface area contributed by atoms with Gasteiger partial charge < -0.3 is 4.90 Å². The van der Waals surface area contributed by atoms with Gasteiger partial charge in [-0.3, -0.25) is 9.59 Å². The minimum atomic E-state index is -0.569. The molecule has 4 rings (SSSR count). The van der Waals surface area contributed by atoms with Gasteiger partial charge in [-0.2, -0.15) is 9.78 Å². The van der Waals surface area contributed by atoms with Gasteiger partial charge in [-0.25, -0.2) is 4.39 Å². The van der Waals surface area contributed by atoms with Crippen LogP contribution >= 0.6 is 22.9 Å². The van der Waals surface area contributed by atoms with E-state index in [9.17, 15) is 14.0 Å². The number of nitrogens with zero attached hydrogens (tertiary/aromatic N) is 3. The Balaban J connectivity index is 1.78. The number of benzene rings is 2. The fourth-order valence-corrected chi connectivity index (χ4v) is 4.13. The van der Waals surface area contributed by atoms with Gasteiger partial charge in [-0.05, 0) is 60.3 Å². The number of thiophene rings is 1. The lowest BCUT2D eigenvalue weighted by Gasteiger charge is -2.23. The lowest BCUT2D eigenvalue weighted by atomic mass is 10.2. The lowest BCUT2D eigenvalue weighted by Crippen LogP contribution is -2.33. The van der Waals surface area contributed by atoms with Crippen LogP contribution in [0.15, 0.2) is 76.9 Å². The molecule has 0 bridgehead atoms. The summed E-state index contributed by atoms with van der Waals surface area (Å²) in [4.78, 5) is 28.3. The third-order valence-electron chi connectivity index (χ3n) is 4.75. The van der Waals surface area contributed by atoms with Gasteiger partial charge in [-0.15, -0.1) is 11.3 Å². The summed E-state index contributed by atoms with van der Waals surface area (Å²) in [5.41, 5.74) is 1.75. The number of carbonyl (C=O) groups excluding carboxylic acids is 1. The average Bonchev–Trinajstić information content (AvgIpc) is 3.19. The molecule has 0 saturated carbocycles. The molecule has 2 aromatic heterocycles. The van der Waals surface area contributed by atoms with Crippen molar-refractivity contribution in [2.75, 3.05) is 4.90 Å². The van der Waals surface area contributed by atoms with Crippen molar-refractivity contribution in [1.82, 2.24) is 9.78 Å². The van der Waals surface area contributed by atoms with Crippen molar-refractivity contribution in [3.05, 3.63) is 109 Å². The highest BCUT2D eigenvalue weighted by Crippen LogP contribution is 2.27. The first-order valence-electron chi connectivity index (χ1n) is 9.40. The maximum atomic E-state index is 13.7. The Morgan fingerprint density at radius 2 is 1.90 bits per heavy atom. The van der Waals surface area contributed by atoms with Gasteiger partial charge in [0.15, 0.2) is 0 Å². The molecule has 0 aliphatic heterocycles. The van der Waals surface area contributed by atoms with Crippen LogP contribution in [0.5, 0.6) is 0 Å². The average molecular weight is 454 g/mol. The molecule has 0 N–H and O–H groups in total. The van der Waals surface area contributed by atoms with Crippen molar-refractivity contribution in [2.24, 2.45) is 0 Å². The van der Waals surface area contributed by atoms with Crippen LogP contribution < -0.4 is 10.5 Å². The number of para-hydroxylation sites is 1. The van der Waals surface area contributed by atoms with Crippen molar-refractivity contribution in [1.29, 1.82) is 0 Å². The van der Waals surface area contributed by atoms with E-state index < -0.39 is 11.7 Å². The van der Waals surface area contributed by atoms with Crippen LogP contribution in [0.25, 0.3) is 5.69 Å². The highest BCUT2D eigenvalue weighted by Gasteiger charge is 2.22. The molecular weight excluding hydrogens is 437 g/mol. The molecule has 31 heavy (non-hydrogen) atoms. The number of hydrogen-bond donors (Lipinski definition) is 0. The molecule has 0 aliphatic carbocycles. The van der Waals surface area contributed by atoms with Crippen molar-refractivity contribution in [3.63, 3.8) is 0 Å². The highest BCUT2D eigenvalue weighted by molar-refractivity contribution is 7.10. The number of rotatable bonds is 5. The Morgan fingerprint density at radius 1 is 1.13 bits per heavy atom. The summed E-state index contributed by atoms with van der Waals surface area (Å²) in [5.74, 6) is -0.999. The highest BCUT2D eigenvalue weighted by atomic mass is 35.5. The topological polar surface area (TPSA) is 55.2 Å². The van der Waals surface area contributed by atoms with Gasteiger partial charge in [-0.1, -0.05) is 29.8 Å². The van der Waals surface area contributed by atoms with Crippen molar-refractivity contribution in [3.8, 4) is 5.69 Å². The number of carbonyl (C=O) groups is 1. The molecular formula is C23H17ClFN3O2S. The van der Waals surface area contributed by atoms with E-state index in [0.29, 0.717) is 11.4 Å². The summed E-state index contributed by atoms with van der Waals surface area (Å²) in [6.07, 6.45) is 0. The van der Waals surface area contributed by atoms with E-state index in [1.807, 2.05) is 24.4 Å². The zero-order chi connectivity index (χ0) is 22.0. The smallest absolute Gasteiger partial charge is 0.279 e. The van der Waals surface area contributed by atoms with Gasteiger partial charge in [0.1, 0.15) is 11.5 Å². The maximum Gasteiger partial charge on any atom is 0.279 e. The number of hydrogen-bond acceptors (Lipinski definition) is 4. The predicted molar refractivity (Wildman–Crippen MR) is 121 cm³/mol. The zero-order valence-corrected chi connectivity index (χ0v) is 18.0. The Labute approximate surface area is 187 Å². The van der Waals surface area contributed by atoms with Gasteiger partial charge in [0.05, 0.1) is 17.3 Å². The number of amides is 1. The van der Waals surface area contributed by atoms with Crippen LogP contribution in [0.4, 0.5) is 10.1 Å². The lowest BCUT2D eigenvalue weighted by molar-refractivity contribution is 0.0979. The van der Waals surface area contributed by atoms with Crippen molar-refractivity contribution in [2.45, 2.75) is 13.5 Å². The molecule has 0 saturated heterocycles. The second-order valence-corrected chi connectivity index (χ2v) is 8.23. The first-order valence-corrected chi connectivity index (χ1v) is 10.7. The molecule has 8 heteroatoms. The molecule has 156 valence electrons. The summed E-state index contributed by atoms with van der Waals surface area (Å²) in [7, 11) is 0. The summed E-state index contributed by atoms with van der Waals surface area (Å²) in [6.45, 7) is 2.22. The number of anilines is 1. The molecule has 0 radical (unpaired) electrons. The van der Waals surface area contributed by atoms with E-state index >= 15 is 0 Å². The third kappa shape index (κ3) is 4.42. The van der Waals surface area contributed by atoms with Crippen LogP contribution in [-0.4, -0.2) is 15.7 Å². The third-order valence-corrected chi connectivity index (χ3v) is 6.05. The fraction of sp³-hybridized carbons (Fsp3) is 0.0870. The maximum absolute atomic E-state index is 13.7. The largest absolute Gasteiger partial charge is 0.302 e. The van der Waals surface area contributed by atoms with Gasteiger partial charge in [0.2, 0.25) is 0 Å². The number of aryl methyl sites for hydroxylation is 1. The second-order valence-electron chi connectivity index (χ2n) is 6.82. The van der Waals surface area contributed by atoms with E-state index in [1.165, 1.54) is 51.3 Å². The standard InChI is InChI=1S/C23H17ClFN3O2S/c1-15-11-12-31-21(15)14-27(17-7-8-19(25)18(24)13-17)23(30)20-9-10-22(29)28(26-20)16-5-3-2-4-6-16/h2-13H,14H2,1H3. The summed E-state index contributed by atoms with van der Waals surface area (Å²) in [5, 5.41) is 6.15. The van der Waals surface area contributed by atoms with Crippen LogP contribution in [-0.2, 0) is 6.54 Å². The Morgan fingerprint density at radius 3 is 2.58 bits per heavy atom. The van der Waals surface area contributed by atoms with Crippen molar-refractivity contribution < 1.29 is 9.18 Å². The summed E-state index contributed by atoms with van der Waals surface area (Å²) >= 11 is 7.49. The SMILES string of the molecule is Cc1ccsc1CN(C(=O)c1ccc(=O)n(-c2ccccc2)n1)c1ccc(F)c(Cl)c1. The normalized spacial score (nSPS) is 10.8. The van der Waals surface area contributed by atoms with E-state index in [2.05, 4.69) is 5.10 Å². The minimum absolute atomic E-state index is 0.0816. The summed E-state index contributed by atoms with van der Waals surface area (Å²) < 4.78 is 14.9. The van der Waals surface area contributed by atoms with Crippen LogP contribution in [0, 0.1) is 12.7 Å². The molecule has 0 atom stereocenters. The van der Waals surface area contributed by atoms with Crippen LogP contribution in [0.3, 0.4) is 0 Å². The molecule has 0 unspecified atom stereocenters. The Kier molecular flexibility index (Phi) is 5.97. The molecule has 0 fully saturated rings. The molecule has 0 aliphatic rings. The number of aromatic nitrogens is 2. The molecule has 2 heterocycles. The first-order chi connectivity index (χ1) is 14.9. The van der Waals surface area contributed by atoms with Gasteiger partial charge >= 0.3 is 0 Å². The molecule has 1 amide bonds. The summed E-state index contributed by atoms with van der Waals surface area (Å²) in [6, 6.07) is 17.6. The predicted octanol–water partition coefficient (Wildman–Crippen LogP) is 5.24. The quantitative estimate of drug-likeness (QED) is 0.415. The van der Waals surface area contributed by atoms with Crippen LogP contribution in [0.2, 0.25) is 5.02 Å². The van der Waals surface area contributed by atoms with E-state index in [0.717, 1.165) is 10.4 Å². The zero-order valence-electron chi connectivity index (χ0n) is 16.5. The first kappa shape index (κ1) is 21.0. The van der Waals surface area contributed by atoms with E-state index in [1.54, 1.807) is 24.3 Å². The van der Waals surface area contributed by atoms with E-state index in [4.69, 9.17) is 11.6 Å². The fourth-order valence-electron chi connectivity index (χ4n) is 3.06. The molecule has 2 aromatic carbocycles. The second kappa shape index (κ2) is 8.83.